The van der Waals surface area contributed by atoms with E-state index in [1.54, 1.807) is 45.0 Å². The number of alkyl carbamates (subject to hydrolysis) is 1. The summed E-state index contributed by atoms with van der Waals surface area (Å²) in [7, 11) is 0. The molecule has 52 heavy (non-hydrogen) atoms. The highest BCUT2D eigenvalue weighted by Crippen LogP contribution is 2.22. The molecule has 15 nitrogen and oxygen atoms in total. The van der Waals surface area contributed by atoms with Crippen molar-refractivity contribution in [2.24, 2.45) is 0 Å². The molecule has 0 saturated heterocycles. The van der Waals surface area contributed by atoms with Crippen molar-refractivity contribution in [3.05, 3.63) is 81.1 Å². The van der Waals surface area contributed by atoms with Gasteiger partial charge in [0.1, 0.15) is 28.7 Å². The molecular formula is C37H46N8O7. The first-order valence-electron chi connectivity index (χ1n) is 17.4. The number of aromatic nitrogens is 5. The summed E-state index contributed by atoms with van der Waals surface area (Å²) in [6.45, 7) is 9.83. The third kappa shape index (κ3) is 9.08. The fourth-order valence-electron chi connectivity index (χ4n) is 5.75. The van der Waals surface area contributed by atoms with E-state index < -0.39 is 35.1 Å². The van der Waals surface area contributed by atoms with Crippen LogP contribution >= 0.6 is 0 Å². The Labute approximate surface area is 300 Å². The van der Waals surface area contributed by atoms with Crippen molar-refractivity contribution < 1.29 is 23.9 Å². The first-order chi connectivity index (χ1) is 24.9. The van der Waals surface area contributed by atoms with Crippen LogP contribution in [0.4, 0.5) is 4.79 Å². The molecule has 5 rings (SSSR count). The first-order valence-corrected chi connectivity index (χ1v) is 17.4. The fraction of sp³-hybridized carbons (Fsp3) is 0.405. The van der Waals surface area contributed by atoms with Gasteiger partial charge >= 0.3 is 11.8 Å². The SMILES string of the molecule is CCCn1c(=O)c2[nH]c(-c3ccc(OCC(=O)NCCNC(=O)[C@H](Cc4c[nH]c5ccccc45)NC(=O)OC(C)(C)C)cc3)nc2n(CCC)c1=O. The Morgan fingerprint density at radius 3 is 2.33 bits per heavy atom. The molecule has 0 aliphatic heterocycles. The van der Waals surface area contributed by atoms with E-state index in [2.05, 4.69) is 30.9 Å². The lowest BCUT2D eigenvalue weighted by atomic mass is 10.0. The van der Waals surface area contributed by atoms with Crippen molar-refractivity contribution in [1.82, 2.24) is 40.0 Å². The van der Waals surface area contributed by atoms with Gasteiger partial charge in [0.05, 0.1) is 0 Å². The zero-order valence-electron chi connectivity index (χ0n) is 30.1. The van der Waals surface area contributed by atoms with E-state index in [0.717, 1.165) is 16.5 Å². The second-order valence-corrected chi connectivity index (χ2v) is 13.4. The van der Waals surface area contributed by atoms with E-state index >= 15 is 0 Å². The van der Waals surface area contributed by atoms with Gasteiger partial charge in [-0.1, -0.05) is 32.0 Å². The lowest BCUT2D eigenvalue weighted by Gasteiger charge is -2.23. The number of aromatic amines is 2. The van der Waals surface area contributed by atoms with Crippen LogP contribution in [0.2, 0.25) is 0 Å². The largest absolute Gasteiger partial charge is 0.484 e. The number of ether oxygens (including phenoxy) is 2. The quantitative estimate of drug-likeness (QED) is 0.102. The van der Waals surface area contributed by atoms with Gasteiger partial charge in [0, 0.05) is 55.3 Å². The molecule has 5 N–H and O–H groups in total. The number of hydrogen-bond donors (Lipinski definition) is 5. The number of nitrogens with zero attached hydrogens (tertiary/aromatic N) is 3. The molecule has 2 aromatic carbocycles. The van der Waals surface area contributed by atoms with Crippen molar-refractivity contribution in [3.63, 3.8) is 0 Å². The molecule has 5 aromatic rings. The summed E-state index contributed by atoms with van der Waals surface area (Å²) in [6, 6.07) is 13.6. The highest BCUT2D eigenvalue weighted by molar-refractivity contribution is 5.88. The molecule has 0 spiro atoms. The number of imidazole rings is 1. The zero-order valence-corrected chi connectivity index (χ0v) is 30.1. The number of carbonyl (C=O) groups is 3. The van der Waals surface area contributed by atoms with Crippen LogP contribution < -0.4 is 31.9 Å². The van der Waals surface area contributed by atoms with Crippen molar-refractivity contribution in [2.45, 2.75) is 78.6 Å². The highest BCUT2D eigenvalue weighted by atomic mass is 16.6. The Kier molecular flexibility index (Phi) is 11.8. The number of benzene rings is 2. The molecule has 0 fully saturated rings. The van der Waals surface area contributed by atoms with E-state index in [9.17, 15) is 24.0 Å². The maximum atomic E-state index is 13.2. The second kappa shape index (κ2) is 16.4. The number of hydrogen-bond acceptors (Lipinski definition) is 8. The number of fused-ring (bicyclic) bond motifs is 2. The Balaban J connectivity index is 1.14. The van der Waals surface area contributed by atoms with E-state index in [1.807, 2.05) is 44.3 Å². The van der Waals surface area contributed by atoms with Crippen LogP contribution in [-0.4, -0.2) is 73.3 Å². The predicted molar refractivity (Wildman–Crippen MR) is 197 cm³/mol. The zero-order chi connectivity index (χ0) is 37.4. The van der Waals surface area contributed by atoms with Crippen LogP contribution in [0.3, 0.4) is 0 Å². The van der Waals surface area contributed by atoms with Gasteiger partial charge in [-0.2, -0.15) is 0 Å². The molecule has 276 valence electrons. The molecule has 0 radical (unpaired) electrons. The van der Waals surface area contributed by atoms with Gasteiger partial charge in [0.15, 0.2) is 12.3 Å². The molecule has 3 aromatic heterocycles. The van der Waals surface area contributed by atoms with Crippen LogP contribution in [0.15, 0.2) is 64.3 Å². The lowest BCUT2D eigenvalue weighted by Crippen LogP contribution is -2.50. The molecule has 0 bridgehead atoms. The average Bonchev–Trinajstić information content (AvgIpc) is 3.74. The van der Waals surface area contributed by atoms with Gasteiger partial charge < -0.3 is 35.4 Å². The summed E-state index contributed by atoms with van der Waals surface area (Å²) in [5, 5.41) is 9.10. The van der Waals surface area contributed by atoms with Crippen molar-refractivity contribution >= 4 is 40.0 Å². The summed E-state index contributed by atoms with van der Waals surface area (Å²) < 4.78 is 13.8. The minimum Gasteiger partial charge on any atom is -0.484 e. The number of para-hydroxylation sites is 1. The van der Waals surface area contributed by atoms with Gasteiger partial charge in [0.2, 0.25) is 5.91 Å². The van der Waals surface area contributed by atoms with Crippen LogP contribution in [0.25, 0.3) is 33.5 Å². The summed E-state index contributed by atoms with van der Waals surface area (Å²) >= 11 is 0. The summed E-state index contributed by atoms with van der Waals surface area (Å²) in [5.41, 5.74) is 1.52. The Hall–Kier alpha value is -5.86. The Morgan fingerprint density at radius 1 is 0.923 bits per heavy atom. The van der Waals surface area contributed by atoms with Crippen LogP contribution in [0.5, 0.6) is 5.75 Å². The number of nitrogens with one attached hydrogen (secondary N) is 5. The molecule has 3 heterocycles. The molecule has 0 aliphatic carbocycles. The van der Waals surface area contributed by atoms with Crippen molar-refractivity contribution in [3.8, 4) is 17.1 Å². The van der Waals surface area contributed by atoms with Gasteiger partial charge in [-0.15, -0.1) is 0 Å². The lowest BCUT2D eigenvalue weighted by molar-refractivity contribution is -0.124. The molecular weight excluding hydrogens is 668 g/mol. The number of aryl methyl sites for hydroxylation is 1. The van der Waals surface area contributed by atoms with Gasteiger partial charge in [-0.05, 0) is 69.5 Å². The number of carbonyl (C=O) groups excluding carboxylic acids is 3. The molecule has 1 atom stereocenters. The number of H-pyrrole nitrogens is 2. The highest BCUT2D eigenvalue weighted by Gasteiger charge is 2.26. The smallest absolute Gasteiger partial charge is 0.408 e. The third-order valence-electron chi connectivity index (χ3n) is 8.11. The van der Waals surface area contributed by atoms with Crippen molar-refractivity contribution in [1.29, 1.82) is 0 Å². The molecule has 3 amide bonds. The topological polar surface area (TPSA) is 194 Å². The average molecular weight is 715 g/mol. The van der Waals surface area contributed by atoms with Gasteiger partial charge in [-0.3, -0.25) is 23.5 Å². The molecule has 0 saturated carbocycles. The fourth-order valence-corrected chi connectivity index (χ4v) is 5.75. The minimum absolute atomic E-state index is 0.118. The normalized spacial score (nSPS) is 12.1. The predicted octanol–water partition coefficient (Wildman–Crippen LogP) is 3.60. The van der Waals surface area contributed by atoms with E-state index in [1.165, 1.54) is 9.13 Å². The Morgan fingerprint density at radius 2 is 1.62 bits per heavy atom. The Bertz CT molecular complexity index is 2160. The monoisotopic (exact) mass is 714 g/mol. The maximum Gasteiger partial charge on any atom is 0.408 e. The van der Waals surface area contributed by atoms with Crippen LogP contribution in [0.1, 0.15) is 53.0 Å². The summed E-state index contributed by atoms with van der Waals surface area (Å²) in [5.74, 6) is 0.0494. The second-order valence-electron chi connectivity index (χ2n) is 13.4. The summed E-state index contributed by atoms with van der Waals surface area (Å²) in [6.07, 6.45) is 2.68. The van der Waals surface area contributed by atoms with Crippen molar-refractivity contribution in [2.75, 3.05) is 19.7 Å². The molecule has 0 aliphatic rings. The van der Waals surface area contributed by atoms with E-state index in [0.29, 0.717) is 48.7 Å². The molecule has 0 unspecified atom stereocenters. The number of rotatable bonds is 15. The van der Waals surface area contributed by atoms with Crippen LogP contribution in [0, 0.1) is 0 Å². The number of amides is 3. The standard InChI is InChI=1S/C37H46N8O7/c1-6-18-44-32-30(34(48)45(19-7-2)36(44)50)42-31(43-32)23-12-14-25(15-13-23)51-22-29(46)38-16-17-39-33(47)28(41-35(49)52-37(3,4)5)20-24-21-40-27-11-9-8-10-26(24)27/h8-15,21,28,40H,6-7,16-20,22H2,1-5H3,(H,38,46)(H,39,47)(H,41,49)(H,42,43)/t28-/m0/s1. The van der Waals surface area contributed by atoms with Gasteiger partial charge in [0.25, 0.3) is 11.5 Å². The third-order valence-corrected chi connectivity index (χ3v) is 8.11. The van der Waals surface area contributed by atoms with E-state index in [-0.39, 0.29) is 37.3 Å². The minimum atomic E-state index is -0.920. The molecule has 15 heteroatoms. The van der Waals surface area contributed by atoms with Gasteiger partial charge in [-0.25, -0.2) is 14.6 Å². The van der Waals surface area contributed by atoms with Crippen LogP contribution in [-0.2, 0) is 33.8 Å². The first kappa shape index (κ1) is 37.4. The summed E-state index contributed by atoms with van der Waals surface area (Å²) in [4.78, 5) is 75.2. The maximum absolute atomic E-state index is 13.2. The van der Waals surface area contributed by atoms with E-state index in [4.69, 9.17) is 9.47 Å².